The van der Waals surface area contributed by atoms with Crippen LogP contribution in [0.25, 0.3) is 11.3 Å². The maximum absolute atomic E-state index is 6.01. The number of benzene rings is 1. The summed E-state index contributed by atoms with van der Waals surface area (Å²) in [5, 5.41) is 1.87. The first kappa shape index (κ1) is 10.8. The lowest BCUT2D eigenvalue weighted by Gasteiger charge is -2.16. The zero-order valence-electron chi connectivity index (χ0n) is 9.99. The van der Waals surface area contributed by atoms with E-state index in [-0.39, 0.29) is 0 Å². The number of thiazole rings is 1. The van der Waals surface area contributed by atoms with E-state index in [1.165, 1.54) is 42.4 Å². The number of anilines is 1. The third kappa shape index (κ3) is 1.95. The van der Waals surface area contributed by atoms with Gasteiger partial charge in [-0.3, -0.25) is 0 Å². The van der Waals surface area contributed by atoms with Crippen molar-refractivity contribution >= 4 is 16.3 Å². The molecule has 1 aliphatic rings. The molecule has 2 aromatic rings. The van der Waals surface area contributed by atoms with Crippen LogP contribution in [0.3, 0.4) is 0 Å². The van der Waals surface area contributed by atoms with E-state index in [0.717, 1.165) is 15.7 Å². The van der Waals surface area contributed by atoms with Gasteiger partial charge in [-0.05, 0) is 49.8 Å². The van der Waals surface area contributed by atoms with E-state index < -0.39 is 0 Å². The van der Waals surface area contributed by atoms with E-state index in [2.05, 4.69) is 23.2 Å². The van der Waals surface area contributed by atoms with Crippen molar-refractivity contribution in [2.24, 2.45) is 0 Å². The maximum atomic E-state index is 6.01. The van der Waals surface area contributed by atoms with Crippen LogP contribution in [0.5, 0.6) is 0 Å². The first-order valence-corrected chi connectivity index (χ1v) is 6.91. The number of hydrogen-bond acceptors (Lipinski definition) is 3. The highest BCUT2D eigenvalue weighted by atomic mass is 32.1. The van der Waals surface area contributed by atoms with E-state index in [1.807, 2.05) is 6.92 Å². The smallest absolute Gasteiger partial charge is 0.114 e. The molecule has 0 amide bonds. The number of aryl methyl sites for hydroxylation is 3. The molecule has 0 radical (unpaired) electrons. The molecule has 2 N–H and O–H groups in total. The van der Waals surface area contributed by atoms with Crippen LogP contribution in [0.2, 0.25) is 0 Å². The minimum absolute atomic E-state index is 0.832. The molecule has 0 bridgehead atoms. The molecule has 0 atom stereocenters. The highest BCUT2D eigenvalue weighted by molar-refractivity contribution is 7.16. The van der Waals surface area contributed by atoms with Gasteiger partial charge in [0, 0.05) is 5.56 Å². The summed E-state index contributed by atoms with van der Waals surface area (Å²) in [5.41, 5.74) is 11.1. The molecule has 2 nitrogen and oxygen atoms in total. The molecular weight excluding hydrogens is 228 g/mol. The molecule has 3 heteroatoms. The molecule has 0 aliphatic heterocycles. The van der Waals surface area contributed by atoms with Gasteiger partial charge in [-0.15, -0.1) is 11.3 Å². The molecule has 0 unspecified atom stereocenters. The molecule has 1 aromatic carbocycles. The van der Waals surface area contributed by atoms with Crippen molar-refractivity contribution in [1.29, 1.82) is 0 Å². The predicted octanol–water partition coefficient (Wildman–Crippen LogP) is 3.58. The second kappa shape index (κ2) is 4.15. The number of hydrogen-bond donors (Lipinski definition) is 1. The summed E-state index contributed by atoms with van der Waals surface area (Å²) in [6, 6.07) is 6.69. The van der Waals surface area contributed by atoms with Gasteiger partial charge in [0.2, 0.25) is 0 Å². The Hall–Kier alpha value is -1.35. The van der Waals surface area contributed by atoms with Gasteiger partial charge in [0.05, 0.1) is 5.01 Å². The van der Waals surface area contributed by atoms with Crippen molar-refractivity contribution in [1.82, 2.24) is 4.98 Å². The summed E-state index contributed by atoms with van der Waals surface area (Å²) < 4.78 is 0. The summed E-state index contributed by atoms with van der Waals surface area (Å²) >= 11 is 1.57. The highest BCUT2D eigenvalue weighted by Crippen LogP contribution is 2.32. The number of aromatic nitrogens is 1. The number of nitrogens with zero attached hydrogens (tertiary/aromatic N) is 1. The Morgan fingerprint density at radius 1 is 1.18 bits per heavy atom. The summed E-state index contributed by atoms with van der Waals surface area (Å²) in [5.74, 6) is 0. The van der Waals surface area contributed by atoms with E-state index >= 15 is 0 Å². The van der Waals surface area contributed by atoms with Crippen LogP contribution in [0, 0.1) is 6.92 Å². The molecule has 3 rings (SSSR count). The zero-order valence-corrected chi connectivity index (χ0v) is 10.8. The zero-order chi connectivity index (χ0) is 11.8. The normalized spacial score (nSPS) is 14.6. The fourth-order valence-corrected chi connectivity index (χ4v) is 3.25. The molecule has 1 heterocycles. The fraction of sp³-hybridized carbons (Fsp3) is 0.357. The quantitative estimate of drug-likeness (QED) is 0.832. The van der Waals surface area contributed by atoms with E-state index in [0.29, 0.717) is 0 Å². The van der Waals surface area contributed by atoms with Crippen LogP contribution in [0.4, 0.5) is 5.00 Å². The van der Waals surface area contributed by atoms with Gasteiger partial charge >= 0.3 is 0 Å². The summed E-state index contributed by atoms with van der Waals surface area (Å²) in [6.07, 6.45) is 5.06. The van der Waals surface area contributed by atoms with Gasteiger partial charge in [0.15, 0.2) is 0 Å². The van der Waals surface area contributed by atoms with Crippen molar-refractivity contribution < 1.29 is 0 Å². The van der Waals surface area contributed by atoms with Crippen LogP contribution < -0.4 is 5.73 Å². The molecule has 1 aliphatic carbocycles. The Morgan fingerprint density at radius 2 is 1.94 bits per heavy atom. The molecular formula is C14H16N2S. The molecule has 0 saturated heterocycles. The monoisotopic (exact) mass is 244 g/mol. The van der Waals surface area contributed by atoms with Crippen LogP contribution in [-0.2, 0) is 12.8 Å². The molecule has 0 saturated carbocycles. The number of nitrogen functional groups attached to an aromatic ring is 1. The van der Waals surface area contributed by atoms with Crippen molar-refractivity contribution in [3.63, 3.8) is 0 Å². The molecule has 88 valence electrons. The van der Waals surface area contributed by atoms with Crippen LogP contribution in [-0.4, -0.2) is 4.98 Å². The Morgan fingerprint density at radius 3 is 2.65 bits per heavy atom. The number of fused-ring (bicyclic) bond motifs is 1. The van der Waals surface area contributed by atoms with E-state index in [4.69, 9.17) is 5.73 Å². The summed E-state index contributed by atoms with van der Waals surface area (Å²) in [7, 11) is 0. The van der Waals surface area contributed by atoms with Crippen LogP contribution >= 0.6 is 11.3 Å². The first-order chi connectivity index (χ1) is 8.24. The van der Waals surface area contributed by atoms with Gasteiger partial charge in [0.25, 0.3) is 0 Å². The first-order valence-electron chi connectivity index (χ1n) is 6.09. The van der Waals surface area contributed by atoms with Crippen molar-refractivity contribution in [2.75, 3.05) is 5.73 Å². The topological polar surface area (TPSA) is 38.9 Å². The Labute approximate surface area is 106 Å². The van der Waals surface area contributed by atoms with Crippen LogP contribution in [0.1, 0.15) is 29.0 Å². The van der Waals surface area contributed by atoms with Gasteiger partial charge < -0.3 is 5.73 Å². The summed E-state index contributed by atoms with van der Waals surface area (Å²) in [6.45, 7) is 2.00. The number of nitrogens with two attached hydrogens (primary N) is 1. The molecule has 0 fully saturated rings. The SMILES string of the molecule is Cc1nc(-c2ccc3c(c2)CCCC3)c(N)s1. The van der Waals surface area contributed by atoms with Crippen molar-refractivity contribution in [3.05, 3.63) is 34.3 Å². The standard InChI is InChI=1S/C14H16N2S/c1-9-16-13(14(15)17-9)12-7-6-10-4-2-3-5-11(10)8-12/h6-8H,2-5,15H2,1H3. The minimum Gasteiger partial charge on any atom is -0.389 e. The third-order valence-electron chi connectivity index (χ3n) is 3.38. The fourth-order valence-electron chi connectivity index (χ4n) is 2.53. The van der Waals surface area contributed by atoms with E-state index in [1.54, 1.807) is 11.3 Å². The van der Waals surface area contributed by atoms with Gasteiger partial charge in [-0.25, -0.2) is 4.98 Å². The predicted molar refractivity (Wildman–Crippen MR) is 73.3 cm³/mol. The Balaban J connectivity index is 2.06. The second-order valence-electron chi connectivity index (χ2n) is 4.64. The Bertz CT molecular complexity index is 557. The van der Waals surface area contributed by atoms with Crippen LogP contribution in [0.15, 0.2) is 18.2 Å². The van der Waals surface area contributed by atoms with Gasteiger partial charge in [0.1, 0.15) is 10.7 Å². The molecule has 17 heavy (non-hydrogen) atoms. The lowest BCUT2D eigenvalue weighted by atomic mass is 9.90. The summed E-state index contributed by atoms with van der Waals surface area (Å²) in [4.78, 5) is 4.52. The number of rotatable bonds is 1. The van der Waals surface area contributed by atoms with Crippen molar-refractivity contribution in [3.8, 4) is 11.3 Å². The minimum atomic E-state index is 0.832. The lowest BCUT2D eigenvalue weighted by molar-refractivity contribution is 0.686. The van der Waals surface area contributed by atoms with E-state index in [9.17, 15) is 0 Å². The average Bonchev–Trinajstić information content (AvgIpc) is 2.68. The maximum Gasteiger partial charge on any atom is 0.114 e. The third-order valence-corrected chi connectivity index (χ3v) is 4.18. The lowest BCUT2D eigenvalue weighted by Crippen LogP contribution is -2.02. The van der Waals surface area contributed by atoms with Gasteiger partial charge in [-0.2, -0.15) is 0 Å². The van der Waals surface area contributed by atoms with Gasteiger partial charge in [-0.1, -0.05) is 12.1 Å². The largest absolute Gasteiger partial charge is 0.389 e. The van der Waals surface area contributed by atoms with Crippen molar-refractivity contribution in [2.45, 2.75) is 32.6 Å². The second-order valence-corrected chi connectivity index (χ2v) is 5.87. The Kier molecular flexibility index (Phi) is 2.63. The molecule has 0 spiro atoms. The molecule has 1 aromatic heterocycles. The average molecular weight is 244 g/mol. The highest BCUT2D eigenvalue weighted by Gasteiger charge is 2.13.